The fourth-order valence-corrected chi connectivity index (χ4v) is 2.81. The predicted octanol–water partition coefficient (Wildman–Crippen LogP) is 2.30. The monoisotopic (exact) mass is 304 g/mol. The number of nitrogens with one attached hydrogen (secondary N) is 2. The van der Waals surface area contributed by atoms with Gasteiger partial charge in [-0.25, -0.2) is 15.0 Å². The Morgan fingerprint density at radius 3 is 3.00 bits per heavy atom. The number of imidazole rings is 1. The maximum Gasteiger partial charge on any atom is 0.252 e. The highest BCUT2D eigenvalue weighted by atomic mass is 32.2. The van der Waals surface area contributed by atoms with Crippen molar-refractivity contribution in [1.82, 2.24) is 24.9 Å². The van der Waals surface area contributed by atoms with Crippen molar-refractivity contribution >= 4 is 28.8 Å². The number of aryl methyl sites for hydroxylation is 2. The number of hydrogen-bond donors (Lipinski definition) is 2. The zero-order valence-corrected chi connectivity index (χ0v) is 12.7. The second kappa shape index (κ2) is 6.13. The molecule has 3 rings (SSSR count). The number of anilines is 1. The summed E-state index contributed by atoms with van der Waals surface area (Å²) in [6.07, 6.45) is 3.21. The van der Waals surface area contributed by atoms with Crippen LogP contribution in [0.3, 0.4) is 0 Å². The van der Waals surface area contributed by atoms with Crippen molar-refractivity contribution in [3.05, 3.63) is 29.9 Å². The van der Waals surface area contributed by atoms with Gasteiger partial charge in [-0.15, -0.1) is 0 Å². The number of rotatable bonds is 6. The number of aromatic amines is 1. The molecule has 110 valence electrons. The van der Waals surface area contributed by atoms with Crippen molar-refractivity contribution in [2.75, 3.05) is 17.6 Å². The molecular weight excluding hydrogens is 288 g/mol. The standard InChI is InChI=1S/C13H16N6OS/c1-8-10(16-6-15-8)5-21-4-3-14-12-11-13(18-7-17-12)20-9(2)19-11/h6-7H,3-5H2,1-2H3,(H,15,16)(H,14,17,18). The summed E-state index contributed by atoms with van der Waals surface area (Å²) in [6.45, 7) is 4.63. The molecular formula is C13H16N6OS. The predicted molar refractivity (Wildman–Crippen MR) is 82.3 cm³/mol. The van der Waals surface area contributed by atoms with E-state index in [2.05, 4.69) is 30.2 Å². The first-order chi connectivity index (χ1) is 10.2. The van der Waals surface area contributed by atoms with Gasteiger partial charge in [0, 0.05) is 30.7 Å². The van der Waals surface area contributed by atoms with Gasteiger partial charge in [-0.2, -0.15) is 16.7 Å². The van der Waals surface area contributed by atoms with Crippen LogP contribution in [0.4, 0.5) is 5.82 Å². The van der Waals surface area contributed by atoms with Crippen LogP contribution in [0.2, 0.25) is 0 Å². The van der Waals surface area contributed by atoms with Crippen molar-refractivity contribution in [3.63, 3.8) is 0 Å². The van der Waals surface area contributed by atoms with E-state index in [1.54, 1.807) is 13.3 Å². The van der Waals surface area contributed by atoms with Gasteiger partial charge in [0.1, 0.15) is 6.33 Å². The topological polar surface area (TPSA) is 92.5 Å². The van der Waals surface area contributed by atoms with Gasteiger partial charge in [0.15, 0.2) is 17.2 Å². The summed E-state index contributed by atoms with van der Waals surface area (Å²) in [5, 5.41) is 3.27. The molecule has 0 aliphatic rings. The summed E-state index contributed by atoms with van der Waals surface area (Å²) in [5.41, 5.74) is 3.44. The fourth-order valence-electron chi connectivity index (χ4n) is 1.93. The molecule has 21 heavy (non-hydrogen) atoms. The summed E-state index contributed by atoms with van der Waals surface area (Å²) in [5.74, 6) is 3.17. The second-order valence-electron chi connectivity index (χ2n) is 4.56. The molecule has 7 nitrogen and oxygen atoms in total. The Morgan fingerprint density at radius 2 is 2.19 bits per heavy atom. The van der Waals surface area contributed by atoms with Crippen molar-refractivity contribution in [3.8, 4) is 0 Å². The molecule has 3 aromatic heterocycles. The van der Waals surface area contributed by atoms with Crippen LogP contribution in [0.15, 0.2) is 17.1 Å². The van der Waals surface area contributed by atoms with Gasteiger partial charge in [0.25, 0.3) is 5.71 Å². The van der Waals surface area contributed by atoms with E-state index in [1.165, 1.54) is 6.33 Å². The van der Waals surface area contributed by atoms with Gasteiger partial charge >= 0.3 is 0 Å². The minimum Gasteiger partial charge on any atom is -0.422 e. The zero-order chi connectivity index (χ0) is 14.7. The molecule has 8 heteroatoms. The van der Waals surface area contributed by atoms with Crippen molar-refractivity contribution < 1.29 is 4.42 Å². The highest BCUT2D eigenvalue weighted by Gasteiger charge is 2.09. The van der Waals surface area contributed by atoms with Crippen LogP contribution in [-0.2, 0) is 5.75 Å². The lowest BCUT2D eigenvalue weighted by Crippen LogP contribution is -2.06. The molecule has 2 N–H and O–H groups in total. The third-order valence-corrected chi connectivity index (χ3v) is 3.98. The minimum atomic E-state index is 0.518. The van der Waals surface area contributed by atoms with E-state index in [0.717, 1.165) is 29.4 Å². The Labute approximate surface area is 126 Å². The SMILES string of the molecule is Cc1nc2c(NCCSCc3nc[nH]c3C)ncnc2o1. The molecule has 0 aromatic carbocycles. The Morgan fingerprint density at radius 1 is 1.29 bits per heavy atom. The number of nitrogens with zero attached hydrogens (tertiary/aromatic N) is 4. The van der Waals surface area contributed by atoms with Crippen LogP contribution < -0.4 is 5.32 Å². The van der Waals surface area contributed by atoms with Crippen molar-refractivity contribution in [2.24, 2.45) is 0 Å². The Bertz CT molecular complexity index is 737. The van der Waals surface area contributed by atoms with Crippen molar-refractivity contribution in [1.29, 1.82) is 0 Å². The van der Waals surface area contributed by atoms with E-state index in [0.29, 0.717) is 22.9 Å². The average molecular weight is 304 g/mol. The van der Waals surface area contributed by atoms with Gasteiger partial charge in [0.05, 0.1) is 12.0 Å². The van der Waals surface area contributed by atoms with Crippen LogP contribution >= 0.6 is 11.8 Å². The lowest BCUT2D eigenvalue weighted by atomic mass is 10.4. The quantitative estimate of drug-likeness (QED) is 0.675. The fraction of sp³-hybridized carbons (Fsp3) is 0.385. The molecule has 0 saturated heterocycles. The largest absolute Gasteiger partial charge is 0.422 e. The smallest absolute Gasteiger partial charge is 0.252 e. The lowest BCUT2D eigenvalue weighted by Gasteiger charge is -2.04. The third-order valence-electron chi connectivity index (χ3n) is 3.01. The van der Waals surface area contributed by atoms with Crippen LogP contribution in [0.1, 0.15) is 17.3 Å². The van der Waals surface area contributed by atoms with E-state index in [-0.39, 0.29) is 0 Å². The number of oxazole rings is 1. The summed E-state index contributed by atoms with van der Waals surface area (Å²) < 4.78 is 5.38. The van der Waals surface area contributed by atoms with Gasteiger partial charge in [-0.05, 0) is 6.92 Å². The highest BCUT2D eigenvalue weighted by Crippen LogP contribution is 2.19. The molecule has 0 amide bonds. The van der Waals surface area contributed by atoms with Gasteiger partial charge < -0.3 is 14.7 Å². The van der Waals surface area contributed by atoms with E-state index >= 15 is 0 Å². The van der Waals surface area contributed by atoms with E-state index in [9.17, 15) is 0 Å². The first-order valence-electron chi connectivity index (χ1n) is 6.62. The number of thioether (sulfide) groups is 1. The number of hydrogen-bond acceptors (Lipinski definition) is 7. The van der Waals surface area contributed by atoms with Crippen LogP contribution in [0.5, 0.6) is 0 Å². The van der Waals surface area contributed by atoms with Crippen LogP contribution in [0.25, 0.3) is 11.2 Å². The summed E-state index contributed by atoms with van der Waals surface area (Å²) in [6, 6.07) is 0. The Kier molecular flexibility index (Phi) is 4.05. The van der Waals surface area contributed by atoms with E-state index in [4.69, 9.17) is 4.42 Å². The van der Waals surface area contributed by atoms with Crippen LogP contribution in [-0.4, -0.2) is 37.2 Å². The Balaban J connectivity index is 1.52. The van der Waals surface area contributed by atoms with Crippen LogP contribution in [0, 0.1) is 13.8 Å². The average Bonchev–Trinajstić information content (AvgIpc) is 3.04. The molecule has 0 atom stereocenters. The Hall–Kier alpha value is -2.09. The normalized spacial score (nSPS) is 11.1. The second-order valence-corrected chi connectivity index (χ2v) is 5.67. The molecule has 0 saturated carbocycles. The molecule has 0 aliphatic heterocycles. The van der Waals surface area contributed by atoms with Gasteiger partial charge in [0.2, 0.25) is 0 Å². The molecule has 0 unspecified atom stereocenters. The summed E-state index contributed by atoms with van der Waals surface area (Å²) in [4.78, 5) is 19.9. The first-order valence-corrected chi connectivity index (χ1v) is 7.78. The zero-order valence-electron chi connectivity index (χ0n) is 11.9. The minimum absolute atomic E-state index is 0.518. The number of aromatic nitrogens is 5. The molecule has 0 aliphatic carbocycles. The molecule has 0 radical (unpaired) electrons. The molecule has 0 bridgehead atoms. The molecule has 0 fully saturated rings. The molecule has 3 heterocycles. The van der Waals surface area contributed by atoms with E-state index in [1.807, 2.05) is 18.7 Å². The van der Waals surface area contributed by atoms with Crippen molar-refractivity contribution in [2.45, 2.75) is 19.6 Å². The first kappa shape index (κ1) is 13.9. The summed E-state index contributed by atoms with van der Waals surface area (Å²) in [7, 11) is 0. The van der Waals surface area contributed by atoms with Gasteiger partial charge in [-0.3, -0.25) is 0 Å². The number of fused-ring (bicyclic) bond motifs is 1. The number of H-pyrrole nitrogens is 1. The van der Waals surface area contributed by atoms with E-state index < -0.39 is 0 Å². The lowest BCUT2D eigenvalue weighted by molar-refractivity contribution is 0.551. The van der Waals surface area contributed by atoms with Gasteiger partial charge in [-0.1, -0.05) is 0 Å². The highest BCUT2D eigenvalue weighted by molar-refractivity contribution is 7.98. The maximum atomic E-state index is 5.38. The molecule has 3 aromatic rings. The maximum absolute atomic E-state index is 5.38. The molecule has 0 spiro atoms. The third kappa shape index (κ3) is 3.15. The summed E-state index contributed by atoms with van der Waals surface area (Å²) >= 11 is 1.82.